The average molecular weight is 446 g/mol. The maximum atomic E-state index is 11.9. The maximum Gasteiger partial charge on any atom is 0.407 e. The van der Waals surface area contributed by atoms with Crippen molar-refractivity contribution in [1.82, 2.24) is 4.90 Å². The lowest BCUT2D eigenvalue weighted by Crippen LogP contribution is -2.42. The summed E-state index contributed by atoms with van der Waals surface area (Å²) in [6.45, 7) is 8.62. The molecule has 0 bridgehead atoms. The number of ether oxygens (including phenoxy) is 2. The lowest BCUT2D eigenvalue weighted by atomic mass is 9.88. The number of carbonyl (C=O) groups is 2. The van der Waals surface area contributed by atoms with Gasteiger partial charge in [-0.15, -0.1) is 0 Å². The van der Waals surface area contributed by atoms with Crippen LogP contribution in [0.5, 0.6) is 0 Å². The summed E-state index contributed by atoms with van der Waals surface area (Å²) >= 11 is 12.3. The van der Waals surface area contributed by atoms with Crippen LogP contribution in [-0.4, -0.2) is 54.0 Å². The van der Waals surface area contributed by atoms with E-state index in [1.54, 1.807) is 19.1 Å². The summed E-state index contributed by atoms with van der Waals surface area (Å²) < 4.78 is 11.5. The van der Waals surface area contributed by atoms with E-state index in [2.05, 4.69) is 0 Å². The Balaban J connectivity index is 2.40. The first-order chi connectivity index (χ1) is 13.5. The lowest BCUT2D eigenvalue weighted by molar-refractivity contribution is -0.144. The lowest BCUT2D eigenvalue weighted by Gasteiger charge is -2.34. The average Bonchev–Trinajstić information content (AvgIpc) is 2.82. The number of nitrogens with zero attached hydrogens (tertiary/aromatic N) is 1. The largest absolute Gasteiger partial charge is 0.466 e. The summed E-state index contributed by atoms with van der Waals surface area (Å²) in [4.78, 5) is 25.2. The van der Waals surface area contributed by atoms with Crippen molar-refractivity contribution < 1.29 is 24.2 Å². The van der Waals surface area contributed by atoms with Crippen molar-refractivity contribution in [2.45, 2.75) is 58.7 Å². The highest BCUT2D eigenvalue weighted by Gasteiger charge is 2.39. The van der Waals surface area contributed by atoms with E-state index in [4.69, 9.17) is 32.7 Å². The van der Waals surface area contributed by atoms with Gasteiger partial charge in [-0.2, -0.15) is 0 Å². The molecule has 1 heterocycles. The molecule has 0 unspecified atom stereocenters. The van der Waals surface area contributed by atoms with E-state index in [0.717, 1.165) is 5.56 Å². The van der Waals surface area contributed by atoms with Crippen LogP contribution >= 0.6 is 23.2 Å². The molecule has 1 saturated heterocycles. The molecular formula is C21H29Cl2NO5. The van der Waals surface area contributed by atoms with Crippen LogP contribution in [0.15, 0.2) is 18.2 Å². The number of hydrogen-bond donors (Lipinski definition) is 1. The zero-order chi connectivity index (χ0) is 21.8. The SMILES string of the molecule is CCOC(=O)CC[C@H]1O[C@@H](C(C)(C)C)CN(C(=O)O)C[C@@H]1c1ccc(Cl)c(Cl)c1. The molecule has 0 saturated carbocycles. The van der Waals surface area contributed by atoms with Crippen LogP contribution in [0.1, 0.15) is 52.0 Å². The third kappa shape index (κ3) is 6.49. The first-order valence-corrected chi connectivity index (χ1v) is 10.5. The Kier molecular flexibility index (Phi) is 8.20. The number of carboxylic acid groups (broad SMARTS) is 1. The van der Waals surface area contributed by atoms with E-state index in [-0.39, 0.29) is 49.0 Å². The molecule has 6 nitrogen and oxygen atoms in total. The van der Waals surface area contributed by atoms with Gasteiger partial charge >= 0.3 is 12.1 Å². The molecule has 3 atom stereocenters. The van der Waals surface area contributed by atoms with Gasteiger partial charge in [0, 0.05) is 18.9 Å². The van der Waals surface area contributed by atoms with Crippen LogP contribution < -0.4 is 0 Å². The topological polar surface area (TPSA) is 76.1 Å². The minimum atomic E-state index is -1.00. The van der Waals surface area contributed by atoms with Crippen LogP contribution in [0.3, 0.4) is 0 Å². The predicted octanol–water partition coefficient (Wildman–Crippen LogP) is 5.21. The molecule has 1 aromatic carbocycles. The molecule has 1 aliphatic heterocycles. The summed E-state index contributed by atoms with van der Waals surface area (Å²) in [5.74, 6) is -0.585. The number of halogens is 2. The van der Waals surface area contributed by atoms with Gasteiger partial charge in [-0.3, -0.25) is 4.79 Å². The normalized spacial score (nSPS) is 22.8. The molecule has 1 fully saturated rings. The summed E-state index contributed by atoms with van der Waals surface area (Å²) in [7, 11) is 0. The van der Waals surface area contributed by atoms with Crippen LogP contribution in [0.2, 0.25) is 10.0 Å². The number of esters is 1. The van der Waals surface area contributed by atoms with E-state index < -0.39 is 6.09 Å². The van der Waals surface area contributed by atoms with Gasteiger partial charge in [0.1, 0.15) is 0 Å². The Bertz CT molecular complexity index is 734. The van der Waals surface area contributed by atoms with Crippen molar-refractivity contribution in [2.24, 2.45) is 5.41 Å². The molecule has 1 aliphatic rings. The monoisotopic (exact) mass is 445 g/mol. The first kappa shape index (κ1) is 23.8. The Labute approximate surface area is 182 Å². The van der Waals surface area contributed by atoms with Crippen molar-refractivity contribution in [3.63, 3.8) is 0 Å². The molecule has 0 aliphatic carbocycles. The summed E-state index contributed by atoms with van der Waals surface area (Å²) in [5, 5.41) is 10.6. The second kappa shape index (κ2) is 10.0. The van der Waals surface area contributed by atoms with Gasteiger partial charge in [0.2, 0.25) is 0 Å². The van der Waals surface area contributed by atoms with Gasteiger partial charge in [-0.25, -0.2) is 4.79 Å². The fourth-order valence-corrected chi connectivity index (χ4v) is 3.74. The van der Waals surface area contributed by atoms with Crippen molar-refractivity contribution in [2.75, 3.05) is 19.7 Å². The third-order valence-corrected chi connectivity index (χ3v) is 5.88. The van der Waals surface area contributed by atoms with E-state index in [1.165, 1.54) is 4.90 Å². The molecule has 0 aromatic heterocycles. The standard InChI is InChI=1S/C21H29Cl2NO5/c1-5-28-19(25)9-8-17-14(13-6-7-15(22)16(23)10-13)11-24(20(26)27)12-18(29-17)21(2,3)4/h6-7,10,14,17-18H,5,8-9,11-12H2,1-4H3,(H,26,27)/t14-,17-,18-/m1/s1. The molecule has 0 radical (unpaired) electrons. The summed E-state index contributed by atoms with van der Waals surface area (Å²) in [5.41, 5.74) is 0.552. The van der Waals surface area contributed by atoms with Gasteiger partial charge in [0.25, 0.3) is 0 Å². The summed E-state index contributed by atoms with van der Waals surface area (Å²) in [6, 6.07) is 5.27. The second-order valence-corrected chi connectivity index (χ2v) is 9.15. The minimum Gasteiger partial charge on any atom is -0.466 e. The minimum absolute atomic E-state index is 0.195. The quantitative estimate of drug-likeness (QED) is 0.628. The molecule has 29 heavy (non-hydrogen) atoms. The molecule has 162 valence electrons. The van der Waals surface area contributed by atoms with Crippen LogP contribution in [0, 0.1) is 5.41 Å². The Morgan fingerprint density at radius 3 is 2.48 bits per heavy atom. The van der Waals surface area contributed by atoms with E-state index in [9.17, 15) is 14.7 Å². The fraction of sp³-hybridized carbons (Fsp3) is 0.619. The van der Waals surface area contributed by atoms with Crippen molar-refractivity contribution in [3.05, 3.63) is 33.8 Å². The molecule has 0 spiro atoms. The Hall–Kier alpha value is -1.50. The van der Waals surface area contributed by atoms with E-state index >= 15 is 0 Å². The molecule has 1 amide bonds. The zero-order valence-electron chi connectivity index (χ0n) is 17.3. The predicted molar refractivity (Wildman–Crippen MR) is 113 cm³/mol. The van der Waals surface area contributed by atoms with Gasteiger partial charge in [0.15, 0.2) is 0 Å². The van der Waals surface area contributed by atoms with Gasteiger partial charge in [-0.1, -0.05) is 50.0 Å². The number of benzene rings is 1. The highest BCUT2D eigenvalue weighted by molar-refractivity contribution is 6.42. The Morgan fingerprint density at radius 2 is 1.93 bits per heavy atom. The smallest absolute Gasteiger partial charge is 0.407 e. The van der Waals surface area contributed by atoms with Crippen molar-refractivity contribution >= 4 is 35.3 Å². The zero-order valence-corrected chi connectivity index (χ0v) is 18.8. The first-order valence-electron chi connectivity index (χ1n) is 9.76. The molecular weight excluding hydrogens is 417 g/mol. The molecule has 8 heteroatoms. The molecule has 1 N–H and O–H groups in total. The second-order valence-electron chi connectivity index (χ2n) is 8.34. The van der Waals surface area contributed by atoms with Crippen LogP contribution in [-0.2, 0) is 14.3 Å². The van der Waals surface area contributed by atoms with Gasteiger partial charge in [0.05, 0.1) is 35.4 Å². The number of hydrogen-bond acceptors (Lipinski definition) is 4. The third-order valence-electron chi connectivity index (χ3n) is 5.14. The van der Waals surface area contributed by atoms with Gasteiger partial charge in [-0.05, 0) is 36.5 Å². The highest BCUT2D eigenvalue weighted by Crippen LogP contribution is 2.37. The number of rotatable bonds is 5. The van der Waals surface area contributed by atoms with E-state index in [1.807, 2.05) is 26.8 Å². The Morgan fingerprint density at radius 1 is 1.24 bits per heavy atom. The fourth-order valence-electron chi connectivity index (χ4n) is 3.44. The molecule has 1 aromatic rings. The van der Waals surface area contributed by atoms with Crippen LogP contribution in [0.25, 0.3) is 0 Å². The van der Waals surface area contributed by atoms with Crippen LogP contribution in [0.4, 0.5) is 4.79 Å². The number of carbonyl (C=O) groups excluding carboxylic acids is 1. The van der Waals surface area contributed by atoms with Gasteiger partial charge < -0.3 is 19.5 Å². The van der Waals surface area contributed by atoms with Crippen molar-refractivity contribution in [3.8, 4) is 0 Å². The molecule has 2 rings (SSSR count). The van der Waals surface area contributed by atoms with Crippen molar-refractivity contribution in [1.29, 1.82) is 0 Å². The van der Waals surface area contributed by atoms with E-state index in [0.29, 0.717) is 23.1 Å². The summed E-state index contributed by atoms with van der Waals surface area (Å²) in [6.07, 6.45) is -1.08. The highest BCUT2D eigenvalue weighted by atomic mass is 35.5. The number of amides is 1. The maximum absolute atomic E-state index is 11.9.